The lowest BCUT2D eigenvalue weighted by Gasteiger charge is -2.30. The van der Waals surface area contributed by atoms with E-state index in [0.717, 1.165) is 19.4 Å². The minimum absolute atomic E-state index is 0.00280. The van der Waals surface area contributed by atoms with Crippen molar-refractivity contribution in [3.63, 3.8) is 0 Å². The average molecular weight is 329 g/mol. The number of carbonyl (C=O) groups excluding carboxylic acids is 1. The first kappa shape index (κ1) is 21.3. The monoisotopic (exact) mass is 329 g/mol. The maximum absolute atomic E-state index is 11.2. The Morgan fingerprint density at radius 2 is 1.77 bits per heavy atom. The Morgan fingerprint density at radius 3 is 2.27 bits per heavy atom. The number of ether oxygens (including phenoxy) is 2. The van der Waals surface area contributed by atoms with Crippen molar-refractivity contribution in [2.24, 2.45) is 0 Å². The molecule has 0 aromatic heterocycles. The summed E-state index contributed by atoms with van der Waals surface area (Å²) in [6.07, 6.45) is 1.69. The molecule has 0 aliphatic heterocycles. The van der Waals surface area contributed by atoms with Crippen LogP contribution in [0.1, 0.15) is 54.4 Å². The molecule has 5 heteroatoms. The van der Waals surface area contributed by atoms with E-state index in [-0.39, 0.29) is 11.4 Å². The van der Waals surface area contributed by atoms with Gasteiger partial charge in [0.1, 0.15) is 11.1 Å². The number of Topliss-reactive ketones (excluding diaryl/α,β-unsaturated/α-hetero) is 1. The molecule has 0 amide bonds. The molecule has 0 aliphatic carbocycles. The van der Waals surface area contributed by atoms with Gasteiger partial charge in [-0.25, -0.2) is 0 Å². The van der Waals surface area contributed by atoms with Gasteiger partial charge >= 0.3 is 0 Å². The summed E-state index contributed by atoms with van der Waals surface area (Å²) in [7, 11) is 4.64. The first-order valence-electron chi connectivity index (χ1n) is 7.70. The number of ketones is 1. The molecule has 0 fully saturated rings. The summed E-state index contributed by atoms with van der Waals surface area (Å²) in [6.45, 7) is 12.8. The highest BCUT2D eigenvalue weighted by molar-refractivity contribution is 7.18. The largest absolute Gasteiger partial charge is 0.480 e. The Hall–Kier alpha value is -0.660. The molecule has 1 N–H and O–H groups in total. The van der Waals surface area contributed by atoms with Gasteiger partial charge < -0.3 is 14.8 Å². The molecule has 0 rings (SSSR count). The second kappa shape index (κ2) is 9.47. The molecule has 22 heavy (non-hydrogen) atoms. The zero-order valence-corrected chi connectivity index (χ0v) is 16.3. The standard InChI is InChI=1S/C17H32NO3P/c1-13(15(3)19)12-14(2)21-17(6,22)9-11-20-16(4,5)8-10-18-7/h18H,8-11,22H2,1-7H3. The summed E-state index contributed by atoms with van der Waals surface area (Å²) in [5, 5.41) is 2.70. The van der Waals surface area contributed by atoms with E-state index in [1.54, 1.807) is 6.92 Å². The molecular weight excluding hydrogens is 297 g/mol. The van der Waals surface area contributed by atoms with Crippen molar-refractivity contribution in [3.8, 4) is 0 Å². The van der Waals surface area contributed by atoms with Crippen molar-refractivity contribution in [3.05, 3.63) is 17.1 Å². The molecular formula is C17H32NO3P. The number of nitrogens with one attached hydrogen (secondary N) is 1. The molecule has 0 aliphatic rings. The topological polar surface area (TPSA) is 47.6 Å². The summed E-state index contributed by atoms with van der Waals surface area (Å²) in [5.41, 5.74) is 3.39. The lowest BCUT2D eigenvalue weighted by atomic mass is 10.1. The second-order valence-electron chi connectivity index (χ2n) is 6.49. The van der Waals surface area contributed by atoms with Crippen LogP contribution in [0.4, 0.5) is 0 Å². The normalized spacial score (nSPS) is 14.0. The molecule has 0 bridgehead atoms. The van der Waals surface area contributed by atoms with Gasteiger partial charge in [-0.05, 0) is 54.6 Å². The molecule has 0 aromatic carbocycles. The lowest BCUT2D eigenvalue weighted by molar-refractivity contribution is -0.113. The van der Waals surface area contributed by atoms with E-state index in [4.69, 9.17) is 9.47 Å². The third kappa shape index (κ3) is 10.1. The Bertz CT molecular complexity index is 435. The van der Waals surface area contributed by atoms with Crippen molar-refractivity contribution in [1.29, 1.82) is 0 Å². The van der Waals surface area contributed by atoms with Crippen LogP contribution in [0.15, 0.2) is 17.1 Å². The van der Waals surface area contributed by atoms with Crippen molar-refractivity contribution in [2.75, 3.05) is 20.2 Å². The summed E-state index contributed by atoms with van der Waals surface area (Å²) in [4.78, 5) is 11.2. The summed E-state index contributed by atoms with van der Waals surface area (Å²) >= 11 is 0. The second-order valence-corrected chi connectivity index (χ2v) is 7.71. The van der Waals surface area contributed by atoms with Crippen molar-refractivity contribution >= 4 is 15.0 Å². The highest BCUT2D eigenvalue weighted by Crippen LogP contribution is 2.28. The minimum Gasteiger partial charge on any atom is -0.480 e. The Labute approximate surface area is 137 Å². The highest BCUT2D eigenvalue weighted by atomic mass is 31.0. The van der Waals surface area contributed by atoms with Crippen LogP contribution >= 0.6 is 9.24 Å². The maximum Gasteiger partial charge on any atom is 0.163 e. The minimum atomic E-state index is -0.437. The zero-order valence-electron chi connectivity index (χ0n) is 15.1. The fraction of sp³-hybridized carbons (Fsp3) is 0.765. The van der Waals surface area contributed by atoms with E-state index in [1.807, 2.05) is 20.9 Å². The van der Waals surface area contributed by atoms with E-state index in [0.29, 0.717) is 17.9 Å². The molecule has 0 heterocycles. The average Bonchev–Trinajstić information content (AvgIpc) is 2.34. The molecule has 128 valence electrons. The van der Waals surface area contributed by atoms with Gasteiger partial charge in [-0.3, -0.25) is 4.79 Å². The SMILES string of the molecule is CNCCC(C)(C)OCCC(C)(P)OC(C)=C=C(C)C(C)=O. The first-order chi connectivity index (χ1) is 9.99. The van der Waals surface area contributed by atoms with Crippen molar-refractivity contribution in [2.45, 2.75) is 65.3 Å². The van der Waals surface area contributed by atoms with Crippen molar-refractivity contribution < 1.29 is 14.3 Å². The van der Waals surface area contributed by atoms with Crippen LogP contribution in [-0.2, 0) is 14.3 Å². The van der Waals surface area contributed by atoms with E-state index < -0.39 is 5.34 Å². The maximum atomic E-state index is 11.2. The Balaban J connectivity index is 4.48. The third-order valence-electron chi connectivity index (χ3n) is 3.35. The molecule has 2 unspecified atom stereocenters. The van der Waals surface area contributed by atoms with E-state index in [1.165, 1.54) is 6.92 Å². The summed E-state index contributed by atoms with van der Waals surface area (Å²) in [5.74, 6) is 0.614. The quantitative estimate of drug-likeness (QED) is 0.289. The van der Waals surface area contributed by atoms with Crippen molar-refractivity contribution in [1.82, 2.24) is 5.32 Å². The highest BCUT2D eigenvalue weighted by Gasteiger charge is 2.23. The third-order valence-corrected chi connectivity index (χ3v) is 3.75. The van der Waals surface area contributed by atoms with Gasteiger partial charge in [0.15, 0.2) is 5.78 Å². The van der Waals surface area contributed by atoms with Gasteiger partial charge in [0.05, 0.1) is 12.2 Å². The molecule has 0 saturated carbocycles. The zero-order chi connectivity index (χ0) is 17.4. The molecule has 4 nitrogen and oxygen atoms in total. The molecule has 0 radical (unpaired) electrons. The Morgan fingerprint density at radius 1 is 1.18 bits per heavy atom. The smallest absolute Gasteiger partial charge is 0.163 e. The fourth-order valence-electron chi connectivity index (χ4n) is 1.81. The van der Waals surface area contributed by atoms with Crippen LogP contribution in [0, 0.1) is 0 Å². The summed E-state index contributed by atoms with van der Waals surface area (Å²) < 4.78 is 11.8. The van der Waals surface area contributed by atoms with Gasteiger partial charge in [-0.15, -0.1) is 0 Å². The molecule has 0 spiro atoms. The number of hydrogen-bond acceptors (Lipinski definition) is 4. The van der Waals surface area contributed by atoms with Gasteiger partial charge in [0, 0.05) is 18.9 Å². The van der Waals surface area contributed by atoms with Gasteiger partial charge in [-0.2, -0.15) is 0 Å². The van der Waals surface area contributed by atoms with Gasteiger partial charge in [0.2, 0.25) is 0 Å². The molecule has 0 saturated heterocycles. The fourth-order valence-corrected chi connectivity index (χ4v) is 2.10. The lowest BCUT2D eigenvalue weighted by Crippen LogP contribution is -2.31. The first-order valence-corrected chi connectivity index (χ1v) is 8.28. The van der Waals surface area contributed by atoms with Crippen LogP contribution in [0.25, 0.3) is 0 Å². The number of allylic oxidation sites excluding steroid dienone is 1. The number of hydrogen-bond donors (Lipinski definition) is 1. The predicted octanol–water partition coefficient (Wildman–Crippen LogP) is 3.43. The van der Waals surface area contributed by atoms with E-state index in [9.17, 15) is 4.79 Å². The van der Waals surface area contributed by atoms with Crippen LogP contribution in [0.5, 0.6) is 0 Å². The Kier molecular flexibility index (Phi) is 9.19. The molecule has 0 aromatic rings. The van der Waals surface area contributed by atoms with Crippen LogP contribution < -0.4 is 5.32 Å². The van der Waals surface area contributed by atoms with Crippen LogP contribution in [0.3, 0.4) is 0 Å². The van der Waals surface area contributed by atoms with E-state index >= 15 is 0 Å². The van der Waals surface area contributed by atoms with Gasteiger partial charge in [-0.1, -0.05) is 15.0 Å². The predicted molar refractivity (Wildman–Crippen MR) is 95.0 cm³/mol. The number of carbonyl (C=O) groups is 1. The van der Waals surface area contributed by atoms with Crippen LogP contribution in [-0.4, -0.2) is 36.9 Å². The van der Waals surface area contributed by atoms with E-state index in [2.05, 4.69) is 34.1 Å². The van der Waals surface area contributed by atoms with Crippen LogP contribution in [0.2, 0.25) is 0 Å². The van der Waals surface area contributed by atoms with Gasteiger partial charge in [0.25, 0.3) is 0 Å². The molecule has 2 atom stereocenters. The number of rotatable bonds is 10. The summed E-state index contributed by atoms with van der Waals surface area (Å²) in [6, 6.07) is 0.